The molecule has 1 N–H and O–H groups in total. The predicted octanol–water partition coefficient (Wildman–Crippen LogP) is 3.78. The van der Waals surface area contributed by atoms with Gasteiger partial charge in [0.1, 0.15) is 17.3 Å². The van der Waals surface area contributed by atoms with Crippen LogP contribution in [0.5, 0.6) is 11.5 Å². The Kier molecular flexibility index (Phi) is 4.90. The molecule has 142 valence electrons. The normalized spacial score (nSPS) is 17.0. The predicted molar refractivity (Wildman–Crippen MR) is 103 cm³/mol. The van der Waals surface area contributed by atoms with Gasteiger partial charge in [-0.05, 0) is 30.5 Å². The Labute approximate surface area is 162 Å². The lowest BCUT2D eigenvalue weighted by Crippen LogP contribution is -2.34. The number of thiophene rings is 1. The largest absolute Gasteiger partial charge is 0.496 e. The molecule has 2 aromatic heterocycles. The quantitative estimate of drug-likeness (QED) is 0.720. The number of hydrogen-bond donors (Lipinski definition) is 1. The molecule has 27 heavy (non-hydrogen) atoms. The molecule has 4 rings (SSSR count). The van der Waals surface area contributed by atoms with Crippen LogP contribution in [-0.4, -0.2) is 35.8 Å². The van der Waals surface area contributed by atoms with Crippen LogP contribution in [0.25, 0.3) is 10.8 Å². The zero-order valence-corrected chi connectivity index (χ0v) is 16.4. The summed E-state index contributed by atoms with van der Waals surface area (Å²) in [6, 6.07) is 7.70. The van der Waals surface area contributed by atoms with Crippen LogP contribution in [0.3, 0.4) is 0 Å². The SMILES string of the molecule is COc1ccc(OC)c2c1CN(Cc1nc(-c3cccs3)oc1C)CC2O. The fourth-order valence-corrected chi connectivity index (χ4v) is 4.21. The summed E-state index contributed by atoms with van der Waals surface area (Å²) in [5.41, 5.74) is 2.65. The van der Waals surface area contributed by atoms with Crippen molar-refractivity contribution in [2.24, 2.45) is 0 Å². The molecule has 0 radical (unpaired) electrons. The maximum Gasteiger partial charge on any atom is 0.236 e. The topological polar surface area (TPSA) is 68.0 Å². The Balaban J connectivity index is 1.61. The van der Waals surface area contributed by atoms with Crippen LogP contribution >= 0.6 is 11.3 Å². The first kappa shape index (κ1) is 18.0. The highest BCUT2D eigenvalue weighted by atomic mass is 32.1. The van der Waals surface area contributed by atoms with Crippen molar-refractivity contribution in [1.82, 2.24) is 9.88 Å². The Morgan fingerprint density at radius 2 is 2.04 bits per heavy atom. The van der Waals surface area contributed by atoms with E-state index >= 15 is 0 Å². The fourth-order valence-electron chi connectivity index (χ4n) is 3.56. The van der Waals surface area contributed by atoms with Gasteiger partial charge < -0.3 is 19.0 Å². The zero-order valence-electron chi connectivity index (χ0n) is 15.6. The summed E-state index contributed by atoms with van der Waals surface area (Å²) in [6.45, 7) is 3.67. The molecule has 6 nitrogen and oxygen atoms in total. The molecule has 0 bridgehead atoms. The maximum atomic E-state index is 10.7. The van der Waals surface area contributed by atoms with Crippen LogP contribution in [0.4, 0.5) is 0 Å². The van der Waals surface area contributed by atoms with Crippen molar-refractivity contribution in [3.05, 3.63) is 52.2 Å². The lowest BCUT2D eigenvalue weighted by molar-refractivity contribution is 0.0834. The number of nitrogens with zero attached hydrogens (tertiary/aromatic N) is 2. The standard InChI is InChI=1S/C20H22N2O4S/c1-12-14(21-20(26-12)18-5-4-8-27-18)10-22-9-13-16(24-2)6-7-17(25-3)19(13)15(23)11-22/h4-8,15,23H,9-11H2,1-3H3. The molecule has 0 aliphatic carbocycles. The van der Waals surface area contributed by atoms with E-state index in [0.29, 0.717) is 31.3 Å². The lowest BCUT2D eigenvalue weighted by Gasteiger charge is -2.33. The van der Waals surface area contributed by atoms with Gasteiger partial charge in [0.2, 0.25) is 5.89 Å². The van der Waals surface area contributed by atoms with E-state index in [1.807, 2.05) is 36.6 Å². The zero-order chi connectivity index (χ0) is 19.0. The van der Waals surface area contributed by atoms with E-state index in [0.717, 1.165) is 33.2 Å². The van der Waals surface area contributed by atoms with E-state index in [1.165, 1.54) is 0 Å². The first-order valence-electron chi connectivity index (χ1n) is 8.75. The number of β-amino-alcohol motifs (C(OH)–C–C–N with tert-alkyl or cyclic N) is 1. The molecule has 0 spiro atoms. The van der Waals surface area contributed by atoms with E-state index in [9.17, 15) is 5.11 Å². The van der Waals surface area contributed by atoms with Crippen molar-refractivity contribution in [3.8, 4) is 22.3 Å². The number of aryl methyl sites for hydroxylation is 1. The third-order valence-electron chi connectivity index (χ3n) is 4.86. The first-order valence-corrected chi connectivity index (χ1v) is 9.63. The minimum atomic E-state index is -0.650. The van der Waals surface area contributed by atoms with Crippen molar-refractivity contribution >= 4 is 11.3 Å². The number of aliphatic hydroxyl groups is 1. The van der Waals surface area contributed by atoms with Crippen molar-refractivity contribution in [3.63, 3.8) is 0 Å². The number of benzene rings is 1. The summed E-state index contributed by atoms with van der Waals surface area (Å²) in [6.07, 6.45) is -0.650. The molecule has 3 aromatic rings. The van der Waals surface area contributed by atoms with E-state index in [4.69, 9.17) is 13.9 Å². The van der Waals surface area contributed by atoms with Gasteiger partial charge in [-0.3, -0.25) is 4.90 Å². The van der Waals surface area contributed by atoms with Gasteiger partial charge >= 0.3 is 0 Å². The van der Waals surface area contributed by atoms with E-state index < -0.39 is 6.10 Å². The lowest BCUT2D eigenvalue weighted by atomic mass is 9.95. The number of ether oxygens (including phenoxy) is 2. The number of aliphatic hydroxyl groups excluding tert-OH is 1. The van der Waals surface area contributed by atoms with Crippen LogP contribution in [0.2, 0.25) is 0 Å². The minimum Gasteiger partial charge on any atom is -0.496 e. The number of rotatable bonds is 5. The Hall–Kier alpha value is -2.35. The highest BCUT2D eigenvalue weighted by Gasteiger charge is 2.30. The summed E-state index contributed by atoms with van der Waals surface area (Å²) < 4.78 is 16.8. The molecule has 1 aliphatic heterocycles. The van der Waals surface area contributed by atoms with Crippen molar-refractivity contribution in [2.45, 2.75) is 26.1 Å². The monoisotopic (exact) mass is 386 g/mol. The Bertz CT molecular complexity index is 936. The number of fused-ring (bicyclic) bond motifs is 1. The molecule has 0 saturated heterocycles. The number of hydrogen-bond acceptors (Lipinski definition) is 7. The van der Waals surface area contributed by atoms with Crippen LogP contribution in [0.1, 0.15) is 28.7 Å². The van der Waals surface area contributed by atoms with Gasteiger partial charge in [0.05, 0.1) is 30.9 Å². The average Bonchev–Trinajstić information content (AvgIpc) is 3.31. The van der Waals surface area contributed by atoms with Gasteiger partial charge in [0.15, 0.2) is 0 Å². The summed E-state index contributed by atoms with van der Waals surface area (Å²) in [4.78, 5) is 7.83. The average molecular weight is 386 g/mol. The van der Waals surface area contributed by atoms with Gasteiger partial charge in [-0.2, -0.15) is 0 Å². The molecule has 1 aliphatic rings. The number of aromatic nitrogens is 1. The molecule has 7 heteroatoms. The second-order valence-electron chi connectivity index (χ2n) is 6.55. The second kappa shape index (κ2) is 7.34. The van der Waals surface area contributed by atoms with E-state index in [-0.39, 0.29) is 0 Å². The maximum absolute atomic E-state index is 10.7. The van der Waals surface area contributed by atoms with Crippen molar-refractivity contribution < 1.29 is 19.0 Å². The van der Waals surface area contributed by atoms with Gasteiger partial charge in [-0.25, -0.2) is 4.98 Å². The highest BCUT2D eigenvalue weighted by molar-refractivity contribution is 7.13. The fraction of sp³-hybridized carbons (Fsp3) is 0.350. The molecule has 3 heterocycles. The third-order valence-corrected chi connectivity index (χ3v) is 5.72. The minimum absolute atomic E-state index is 0.497. The molecule has 0 fully saturated rings. The van der Waals surface area contributed by atoms with E-state index in [2.05, 4.69) is 9.88 Å². The number of oxazole rings is 1. The second-order valence-corrected chi connectivity index (χ2v) is 7.49. The molecular weight excluding hydrogens is 364 g/mol. The third kappa shape index (κ3) is 3.34. The van der Waals surface area contributed by atoms with Crippen molar-refractivity contribution in [2.75, 3.05) is 20.8 Å². The summed E-state index contributed by atoms with van der Waals surface area (Å²) in [5, 5.41) is 12.8. The van der Waals surface area contributed by atoms with Crippen LogP contribution in [-0.2, 0) is 13.1 Å². The first-order chi connectivity index (χ1) is 13.1. The summed E-state index contributed by atoms with van der Waals surface area (Å²) in [5.74, 6) is 2.90. The molecule has 0 saturated carbocycles. The van der Waals surface area contributed by atoms with Crippen LogP contribution in [0, 0.1) is 6.92 Å². The Morgan fingerprint density at radius 1 is 1.26 bits per heavy atom. The van der Waals surface area contributed by atoms with Gasteiger partial charge in [0, 0.05) is 30.8 Å². The van der Waals surface area contributed by atoms with Crippen LogP contribution < -0.4 is 9.47 Å². The number of methoxy groups -OCH3 is 2. The summed E-state index contributed by atoms with van der Waals surface area (Å²) >= 11 is 1.60. The summed E-state index contributed by atoms with van der Waals surface area (Å²) in [7, 11) is 3.26. The van der Waals surface area contributed by atoms with E-state index in [1.54, 1.807) is 25.6 Å². The van der Waals surface area contributed by atoms with Gasteiger partial charge in [-0.1, -0.05) is 6.07 Å². The molecule has 0 amide bonds. The highest BCUT2D eigenvalue weighted by Crippen LogP contribution is 2.40. The molecular formula is C20H22N2O4S. The molecule has 1 atom stereocenters. The van der Waals surface area contributed by atoms with Crippen molar-refractivity contribution in [1.29, 1.82) is 0 Å². The van der Waals surface area contributed by atoms with Gasteiger partial charge in [-0.15, -0.1) is 11.3 Å². The Morgan fingerprint density at radius 3 is 2.74 bits per heavy atom. The van der Waals surface area contributed by atoms with Crippen LogP contribution in [0.15, 0.2) is 34.1 Å². The smallest absolute Gasteiger partial charge is 0.236 e. The van der Waals surface area contributed by atoms with Gasteiger partial charge in [0.25, 0.3) is 0 Å². The molecule has 1 unspecified atom stereocenters. The molecule has 1 aromatic carbocycles.